The van der Waals surface area contributed by atoms with Crippen LogP contribution in [0.15, 0.2) is 42.6 Å². The fraction of sp³-hybridized carbons (Fsp3) is 0.500. The van der Waals surface area contributed by atoms with Crippen LogP contribution < -0.4 is 10.6 Å². The molecule has 4 heterocycles. The van der Waals surface area contributed by atoms with E-state index in [-0.39, 0.29) is 11.7 Å². The van der Waals surface area contributed by atoms with Crippen molar-refractivity contribution >= 4 is 56.0 Å². The van der Waals surface area contributed by atoms with Crippen LogP contribution in [0.3, 0.4) is 0 Å². The minimum atomic E-state index is -3.19. The lowest BCUT2D eigenvalue weighted by Gasteiger charge is -2.45. The Morgan fingerprint density at radius 2 is 1.76 bits per heavy atom. The number of rotatable bonds is 7. The molecule has 1 aromatic heterocycles. The zero-order valence-corrected chi connectivity index (χ0v) is 26.0. The normalized spacial score (nSPS) is 21.9. The highest BCUT2D eigenvalue weighted by Crippen LogP contribution is 2.38. The molecule has 0 radical (unpaired) electrons. The number of H-pyrrole nitrogens is 1. The number of nitrogens with zero attached hydrogens (tertiary/aromatic N) is 3. The van der Waals surface area contributed by atoms with E-state index in [1.165, 1.54) is 17.2 Å². The van der Waals surface area contributed by atoms with Gasteiger partial charge in [-0.3, -0.25) is 9.69 Å². The van der Waals surface area contributed by atoms with Crippen molar-refractivity contribution in [2.75, 3.05) is 66.4 Å². The number of aromatic amines is 1. The van der Waals surface area contributed by atoms with Crippen LogP contribution in [0.4, 0.5) is 5.69 Å². The average Bonchev–Trinajstić information content (AvgIpc) is 3.45. The standard InChI is InChI=1S/C30H39N5O3S3/c1-2-41(37,38)34-8-6-21(7-9-34)27-19-32-29-25(27)17-23(18-26(29)30(31)36)22-4-3-5-24(16-22)35-12-15-40-20-28(35)33-10-13-39-14-11-33/h3-5,16-19,21,28,32H,2,6-15,20H2,1H3,(H2,31,36). The molecule has 0 spiro atoms. The van der Waals surface area contributed by atoms with Crippen molar-refractivity contribution in [3.8, 4) is 11.1 Å². The number of nitrogens with one attached hydrogen (secondary N) is 1. The summed E-state index contributed by atoms with van der Waals surface area (Å²) in [5.74, 6) is 4.49. The van der Waals surface area contributed by atoms with Crippen LogP contribution in [-0.4, -0.2) is 96.2 Å². The number of carbonyl (C=O) groups is 1. The van der Waals surface area contributed by atoms with Gasteiger partial charge < -0.3 is 15.6 Å². The smallest absolute Gasteiger partial charge is 0.250 e. The number of primary amides is 1. The maximum Gasteiger partial charge on any atom is 0.250 e. The van der Waals surface area contributed by atoms with Crippen molar-refractivity contribution < 1.29 is 13.2 Å². The van der Waals surface area contributed by atoms with Gasteiger partial charge in [0, 0.05) is 73.0 Å². The van der Waals surface area contributed by atoms with Crippen LogP contribution in [0.2, 0.25) is 0 Å². The van der Waals surface area contributed by atoms with Gasteiger partial charge in [0.1, 0.15) is 0 Å². The van der Waals surface area contributed by atoms with Gasteiger partial charge in [-0.25, -0.2) is 12.7 Å². The van der Waals surface area contributed by atoms with E-state index in [4.69, 9.17) is 5.73 Å². The monoisotopic (exact) mass is 613 g/mol. The number of hydrogen-bond acceptors (Lipinski definition) is 7. The van der Waals surface area contributed by atoms with E-state index >= 15 is 0 Å². The number of anilines is 1. The summed E-state index contributed by atoms with van der Waals surface area (Å²) in [5.41, 5.74) is 11.5. The highest BCUT2D eigenvalue weighted by atomic mass is 32.2. The predicted molar refractivity (Wildman–Crippen MR) is 173 cm³/mol. The zero-order valence-electron chi connectivity index (χ0n) is 23.5. The predicted octanol–water partition coefficient (Wildman–Crippen LogP) is 4.39. The minimum Gasteiger partial charge on any atom is -0.366 e. The van der Waals surface area contributed by atoms with Gasteiger partial charge in [-0.2, -0.15) is 23.5 Å². The summed E-state index contributed by atoms with van der Waals surface area (Å²) in [6.07, 6.45) is 3.88. The van der Waals surface area contributed by atoms with E-state index in [2.05, 4.69) is 45.1 Å². The number of piperidine rings is 1. The highest BCUT2D eigenvalue weighted by Gasteiger charge is 2.31. The fourth-order valence-electron chi connectivity index (χ4n) is 6.51. The molecule has 41 heavy (non-hydrogen) atoms. The molecule has 3 N–H and O–H groups in total. The van der Waals surface area contributed by atoms with Crippen LogP contribution in [0.1, 0.15) is 41.6 Å². The number of benzene rings is 2. The SMILES string of the molecule is CCS(=O)(=O)N1CCC(c2c[nH]c3c(C(N)=O)cc(-c4cccc(N5CCSCC5N5CCSCC5)c4)cc23)CC1. The lowest BCUT2D eigenvalue weighted by molar-refractivity contribution is 0.100. The van der Waals surface area contributed by atoms with Gasteiger partial charge in [0.2, 0.25) is 10.0 Å². The van der Waals surface area contributed by atoms with Crippen molar-refractivity contribution in [2.45, 2.75) is 31.8 Å². The summed E-state index contributed by atoms with van der Waals surface area (Å²) in [6, 6.07) is 12.8. The Morgan fingerprint density at radius 1 is 1.00 bits per heavy atom. The number of amides is 1. The molecule has 0 bridgehead atoms. The van der Waals surface area contributed by atoms with Gasteiger partial charge in [-0.1, -0.05) is 12.1 Å². The average molecular weight is 614 g/mol. The molecule has 11 heteroatoms. The number of sulfonamides is 1. The van der Waals surface area contributed by atoms with Crippen LogP contribution >= 0.6 is 23.5 Å². The lowest BCUT2D eigenvalue weighted by Crippen LogP contribution is -2.55. The first-order valence-corrected chi connectivity index (χ1v) is 18.5. The number of carbonyl (C=O) groups excluding carboxylic acids is 1. The Kier molecular flexibility index (Phi) is 8.61. The Labute approximate surface area is 251 Å². The van der Waals surface area contributed by atoms with Crippen molar-refractivity contribution in [2.24, 2.45) is 5.73 Å². The van der Waals surface area contributed by atoms with Gasteiger partial charge >= 0.3 is 0 Å². The summed E-state index contributed by atoms with van der Waals surface area (Å²) in [5, 5.41) is 0.997. The Bertz CT molecular complexity index is 1510. The molecule has 3 aromatic rings. The maximum atomic E-state index is 12.6. The largest absolute Gasteiger partial charge is 0.366 e. The first-order valence-electron chi connectivity index (χ1n) is 14.5. The van der Waals surface area contributed by atoms with Crippen molar-refractivity contribution in [1.82, 2.24) is 14.2 Å². The number of hydrogen-bond donors (Lipinski definition) is 2. The first-order chi connectivity index (χ1) is 19.9. The van der Waals surface area contributed by atoms with E-state index in [0.29, 0.717) is 24.8 Å². The summed E-state index contributed by atoms with van der Waals surface area (Å²) in [7, 11) is -3.19. The third kappa shape index (κ3) is 5.88. The number of aromatic nitrogens is 1. The van der Waals surface area contributed by atoms with Crippen LogP contribution in [-0.2, 0) is 10.0 Å². The van der Waals surface area contributed by atoms with Gasteiger partial charge in [0.05, 0.1) is 23.0 Å². The molecule has 8 nitrogen and oxygen atoms in total. The highest BCUT2D eigenvalue weighted by molar-refractivity contribution is 7.99. The number of fused-ring (bicyclic) bond motifs is 1. The van der Waals surface area contributed by atoms with Gasteiger partial charge in [-0.15, -0.1) is 0 Å². The third-order valence-corrected chi connectivity index (χ3v) is 12.6. The molecule has 220 valence electrons. The van der Waals surface area contributed by atoms with E-state index in [0.717, 1.165) is 71.6 Å². The molecular formula is C30H39N5O3S3. The second-order valence-corrected chi connectivity index (χ2v) is 15.7. The van der Waals surface area contributed by atoms with Crippen LogP contribution in [0.25, 0.3) is 22.0 Å². The Balaban J connectivity index is 1.33. The molecule has 3 saturated heterocycles. The summed E-state index contributed by atoms with van der Waals surface area (Å²) in [6.45, 7) is 6.00. The van der Waals surface area contributed by atoms with Gasteiger partial charge in [0.25, 0.3) is 5.91 Å². The van der Waals surface area contributed by atoms with E-state index in [1.807, 2.05) is 35.8 Å². The number of thioether (sulfide) groups is 2. The lowest BCUT2D eigenvalue weighted by atomic mass is 9.88. The zero-order chi connectivity index (χ0) is 28.6. The second-order valence-electron chi connectivity index (χ2n) is 11.1. The molecule has 0 aliphatic carbocycles. The summed E-state index contributed by atoms with van der Waals surface area (Å²) >= 11 is 4.08. The summed E-state index contributed by atoms with van der Waals surface area (Å²) < 4.78 is 26.4. The Hall–Kier alpha value is -2.18. The molecule has 1 atom stereocenters. The number of nitrogens with two attached hydrogens (primary N) is 1. The Morgan fingerprint density at radius 3 is 2.49 bits per heavy atom. The molecule has 1 unspecified atom stereocenters. The molecule has 3 aliphatic rings. The minimum absolute atomic E-state index is 0.128. The second kappa shape index (κ2) is 12.2. The fourth-order valence-corrected chi connectivity index (χ4v) is 9.67. The van der Waals surface area contributed by atoms with Crippen molar-refractivity contribution in [3.63, 3.8) is 0 Å². The molecule has 6 rings (SSSR count). The third-order valence-electron chi connectivity index (χ3n) is 8.82. The molecule has 2 aromatic carbocycles. The molecule has 1 amide bonds. The van der Waals surface area contributed by atoms with Gasteiger partial charge in [-0.05, 0) is 66.6 Å². The first kappa shape index (κ1) is 28.9. The molecule has 3 aliphatic heterocycles. The van der Waals surface area contributed by atoms with E-state index in [1.54, 1.807) is 11.2 Å². The topological polar surface area (TPSA) is 103 Å². The van der Waals surface area contributed by atoms with Crippen molar-refractivity contribution in [3.05, 3.63) is 53.7 Å². The molecule has 0 saturated carbocycles. The van der Waals surface area contributed by atoms with Gasteiger partial charge in [0.15, 0.2) is 0 Å². The summed E-state index contributed by atoms with van der Waals surface area (Å²) in [4.78, 5) is 21.1. The molecule has 3 fully saturated rings. The van der Waals surface area contributed by atoms with Crippen molar-refractivity contribution in [1.29, 1.82) is 0 Å². The maximum absolute atomic E-state index is 12.6. The van der Waals surface area contributed by atoms with Crippen LogP contribution in [0.5, 0.6) is 0 Å². The van der Waals surface area contributed by atoms with E-state index in [9.17, 15) is 13.2 Å². The molecular weight excluding hydrogens is 575 g/mol. The van der Waals surface area contributed by atoms with Crippen LogP contribution in [0, 0.1) is 0 Å². The van der Waals surface area contributed by atoms with E-state index < -0.39 is 15.9 Å². The quantitative estimate of drug-likeness (QED) is 0.408.